The quantitative estimate of drug-likeness (QED) is 0.521. The van der Waals surface area contributed by atoms with Crippen molar-refractivity contribution in [2.45, 2.75) is 6.61 Å². The van der Waals surface area contributed by atoms with Gasteiger partial charge in [0.15, 0.2) is 6.61 Å². The molecular formula is C14H7Br2FN2O3S. The molecule has 1 aromatic carbocycles. The molecular weight excluding hydrogens is 455 g/mol. The fourth-order valence-electron chi connectivity index (χ4n) is 1.70. The molecule has 0 N–H and O–H groups in total. The summed E-state index contributed by atoms with van der Waals surface area (Å²) in [6.07, 6.45) is 0. The van der Waals surface area contributed by atoms with Gasteiger partial charge in [-0.05, 0) is 46.3 Å². The standard InChI is InChI=1S/C14H7Br2FN2O3S/c15-7-1-2-9(17)8(5-7)14(20)21-6-12-18-19-13(22-12)10-3-4-11(16)23-10/h1-5H,6H2. The number of benzene rings is 1. The van der Waals surface area contributed by atoms with Crippen molar-refractivity contribution in [2.75, 3.05) is 0 Å². The number of aromatic nitrogens is 2. The third-order valence-electron chi connectivity index (χ3n) is 2.73. The zero-order chi connectivity index (χ0) is 16.4. The summed E-state index contributed by atoms with van der Waals surface area (Å²) in [4.78, 5) is 12.7. The van der Waals surface area contributed by atoms with E-state index < -0.39 is 11.8 Å². The van der Waals surface area contributed by atoms with E-state index in [9.17, 15) is 9.18 Å². The van der Waals surface area contributed by atoms with E-state index in [1.54, 1.807) is 0 Å². The van der Waals surface area contributed by atoms with Gasteiger partial charge in [-0.3, -0.25) is 0 Å². The smallest absolute Gasteiger partial charge is 0.341 e. The van der Waals surface area contributed by atoms with Crippen LogP contribution in [-0.4, -0.2) is 16.2 Å². The van der Waals surface area contributed by atoms with Crippen LogP contribution in [0.15, 0.2) is 43.0 Å². The van der Waals surface area contributed by atoms with Crippen LogP contribution < -0.4 is 0 Å². The normalized spacial score (nSPS) is 10.7. The summed E-state index contributed by atoms with van der Waals surface area (Å²) in [6, 6.07) is 7.71. The third kappa shape index (κ3) is 3.85. The van der Waals surface area contributed by atoms with Gasteiger partial charge < -0.3 is 9.15 Å². The van der Waals surface area contributed by atoms with Crippen LogP contribution in [-0.2, 0) is 11.3 Å². The van der Waals surface area contributed by atoms with E-state index in [1.807, 2.05) is 12.1 Å². The summed E-state index contributed by atoms with van der Waals surface area (Å²) in [5.41, 5.74) is -0.165. The molecule has 0 atom stereocenters. The largest absolute Gasteiger partial charge is 0.452 e. The Labute approximate surface area is 150 Å². The van der Waals surface area contributed by atoms with Crippen molar-refractivity contribution in [1.82, 2.24) is 10.2 Å². The van der Waals surface area contributed by atoms with Crippen LogP contribution in [0.5, 0.6) is 0 Å². The molecule has 2 heterocycles. The fraction of sp³-hybridized carbons (Fsp3) is 0.0714. The van der Waals surface area contributed by atoms with E-state index in [4.69, 9.17) is 9.15 Å². The van der Waals surface area contributed by atoms with Crippen LogP contribution >= 0.6 is 43.2 Å². The second kappa shape index (κ2) is 6.90. The van der Waals surface area contributed by atoms with Crippen LogP contribution in [0.3, 0.4) is 0 Å². The minimum atomic E-state index is -0.803. The minimum Gasteiger partial charge on any atom is -0.452 e. The summed E-state index contributed by atoms with van der Waals surface area (Å²) in [5.74, 6) is -0.996. The van der Waals surface area contributed by atoms with Crippen molar-refractivity contribution >= 4 is 49.2 Å². The van der Waals surface area contributed by atoms with Crippen molar-refractivity contribution < 1.29 is 18.3 Å². The molecule has 0 bridgehead atoms. The van der Waals surface area contributed by atoms with Gasteiger partial charge in [-0.15, -0.1) is 21.5 Å². The maximum atomic E-state index is 13.6. The van der Waals surface area contributed by atoms with E-state index in [0.29, 0.717) is 10.4 Å². The van der Waals surface area contributed by atoms with Gasteiger partial charge in [-0.1, -0.05) is 15.9 Å². The number of hydrogen-bond donors (Lipinski definition) is 0. The van der Waals surface area contributed by atoms with Crippen molar-refractivity contribution in [2.24, 2.45) is 0 Å². The predicted octanol–water partition coefficient (Wildman–Crippen LogP) is 4.82. The molecule has 2 aromatic heterocycles. The monoisotopic (exact) mass is 460 g/mol. The summed E-state index contributed by atoms with van der Waals surface area (Å²) in [6.45, 7) is -0.232. The molecule has 0 saturated heterocycles. The Balaban J connectivity index is 1.68. The first-order valence-electron chi connectivity index (χ1n) is 6.23. The van der Waals surface area contributed by atoms with E-state index >= 15 is 0 Å². The van der Waals surface area contributed by atoms with Crippen molar-refractivity contribution in [3.05, 3.63) is 55.9 Å². The lowest BCUT2D eigenvalue weighted by molar-refractivity contribution is 0.0433. The second-order valence-electron chi connectivity index (χ2n) is 4.31. The highest BCUT2D eigenvalue weighted by molar-refractivity contribution is 9.11. The van der Waals surface area contributed by atoms with E-state index in [0.717, 1.165) is 8.66 Å². The molecule has 0 aliphatic carbocycles. The van der Waals surface area contributed by atoms with Crippen molar-refractivity contribution in [1.29, 1.82) is 0 Å². The lowest BCUT2D eigenvalue weighted by Gasteiger charge is -2.03. The summed E-state index contributed by atoms with van der Waals surface area (Å²) >= 11 is 7.96. The predicted molar refractivity (Wildman–Crippen MR) is 88.5 cm³/mol. The Bertz CT molecular complexity index is 865. The molecule has 0 spiro atoms. The molecule has 23 heavy (non-hydrogen) atoms. The Morgan fingerprint density at radius 3 is 2.83 bits per heavy atom. The summed E-state index contributed by atoms with van der Waals surface area (Å²) in [5, 5.41) is 7.68. The number of hydrogen-bond acceptors (Lipinski definition) is 6. The number of ether oxygens (including phenoxy) is 1. The van der Waals surface area contributed by atoms with Crippen molar-refractivity contribution in [3.8, 4) is 10.8 Å². The van der Waals surface area contributed by atoms with E-state index in [1.165, 1.54) is 29.5 Å². The van der Waals surface area contributed by atoms with Gasteiger partial charge in [0.05, 0.1) is 14.2 Å². The van der Waals surface area contributed by atoms with Gasteiger partial charge in [-0.2, -0.15) is 0 Å². The first kappa shape index (κ1) is 16.3. The highest BCUT2D eigenvalue weighted by atomic mass is 79.9. The number of carbonyl (C=O) groups excluding carboxylic acids is 1. The molecule has 5 nitrogen and oxygen atoms in total. The van der Waals surface area contributed by atoms with Crippen LogP contribution in [0.1, 0.15) is 16.2 Å². The maximum absolute atomic E-state index is 13.6. The molecule has 3 rings (SSSR count). The Morgan fingerprint density at radius 2 is 2.09 bits per heavy atom. The topological polar surface area (TPSA) is 65.2 Å². The zero-order valence-corrected chi connectivity index (χ0v) is 15.2. The molecule has 0 saturated carbocycles. The van der Waals surface area contributed by atoms with Gasteiger partial charge in [-0.25, -0.2) is 9.18 Å². The number of thiophene rings is 1. The SMILES string of the molecule is O=C(OCc1nnc(-c2ccc(Br)s2)o1)c1cc(Br)ccc1F. The fourth-order valence-corrected chi connectivity index (χ4v) is 3.37. The lowest BCUT2D eigenvalue weighted by Crippen LogP contribution is -2.07. The number of rotatable bonds is 4. The number of halogens is 3. The number of carbonyl (C=O) groups is 1. The molecule has 0 fully saturated rings. The maximum Gasteiger partial charge on any atom is 0.341 e. The van der Waals surface area contributed by atoms with E-state index in [2.05, 4.69) is 42.1 Å². The molecule has 3 aromatic rings. The first-order chi connectivity index (χ1) is 11.0. The summed E-state index contributed by atoms with van der Waals surface area (Å²) < 4.78 is 25.5. The molecule has 0 amide bonds. The average molecular weight is 462 g/mol. The second-order valence-corrected chi connectivity index (χ2v) is 7.68. The lowest BCUT2D eigenvalue weighted by atomic mass is 10.2. The number of esters is 1. The average Bonchev–Trinajstić information content (AvgIpc) is 3.16. The summed E-state index contributed by atoms with van der Waals surface area (Å²) in [7, 11) is 0. The zero-order valence-electron chi connectivity index (χ0n) is 11.3. The minimum absolute atomic E-state index is 0.133. The first-order valence-corrected chi connectivity index (χ1v) is 8.63. The van der Waals surface area contributed by atoms with Crippen LogP contribution in [0.2, 0.25) is 0 Å². The Morgan fingerprint density at radius 1 is 1.26 bits per heavy atom. The van der Waals surface area contributed by atoms with Crippen molar-refractivity contribution in [3.63, 3.8) is 0 Å². The molecule has 0 aliphatic rings. The van der Waals surface area contributed by atoms with Gasteiger partial charge >= 0.3 is 5.97 Å². The molecule has 118 valence electrons. The van der Waals surface area contributed by atoms with Gasteiger partial charge in [0.2, 0.25) is 0 Å². The van der Waals surface area contributed by atoms with Crippen LogP contribution in [0.25, 0.3) is 10.8 Å². The molecule has 0 radical (unpaired) electrons. The molecule has 0 aliphatic heterocycles. The van der Waals surface area contributed by atoms with E-state index in [-0.39, 0.29) is 18.1 Å². The number of nitrogens with zero attached hydrogens (tertiary/aromatic N) is 2. The Hall–Kier alpha value is -1.58. The highest BCUT2D eigenvalue weighted by Crippen LogP contribution is 2.30. The van der Waals surface area contributed by atoms with Crippen LogP contribution in [0.4, 0.5) is 4.39 Å². The highest BCUT2D eigenvalue weighted by Gasteiger charge is 2.16. The van der Waals surface area contributed by atoms with Gasteiger partial charge in [0.1, 0.15) is 5.82 Å². The third-order valence-corrected chi connectivity index (χ3v) is 4.83. The molecule has 0 unspecified atom stereocenters. The van der Waals surface area contributed by atoms with Gasteiger partial charge in [0, 0.05) is 4.47 Å². The molecule has 9 heteroatoms. The van der Waals surface area contributed by atoms with Crippen LogP contribution in [0, 0.1) is 5.82 Å². The Kier molecular flexibility index (Phi) is 4.88. The van der Waals surface area contributed by atoms with Gasteiger partial charge in [0.25, 0.3) is 11.8 Å².